The fourth-order valence-electron chi connectivity index (χ4n) is 4.35. The summed E-state index contributed by atoms with van der Waals surface area (Å²) in [6, 6.07) is 9.37. The Hall–Kier alpha value is -2.96. The molecule has 1 unspecified atom stereocenters. The minimum Gasteiger partial charge on any atom is -0.484 e. The fourth-order valence-corrected chi connectivity index (χ4v) is 4.35. The first-order valence-corrected chi connectivity index (χ1v) is 11.6. The first-order valence-electron chi connectivity index (χ1n) is 11.6. The van der Waals surface area contributed by atoms with Crippen molar-refractivity contribution in [3.8, 4) is 5.75 Å². The lowest BCUT2D eigenvalue weighted by molar-refractivity contribution is -0.132. The maximum atomic E-state index is 12.6. The molecule has 0 aliphatic carbocycles. The van der Waals surface area contributed by atoms with Gasteiger partial charge in [-0.15, -0.1) is 0 Å². The lowest BCUT2D eigenvalue weighted by atomic mass is 10.0. The van der Waals surface area contributed by atoms with E-state index in [9.17, 15) is 9.59 Å². The number of nitrogens with zero attached hydrogens (tertiary/aromatic N) is 4. The lowest BCUT2D eigenvalue weighted by Gasteiger charge is -2.30. The summed E-state index contributed by atoms with van der Waals surface area (Å²) in [5, 5.41) is 0. The van der Waals surface area contributed by atoms with Gasteiger partial charge >= 0.3 is 0 Å². The number of anilines is 1. The van der Waals surface area contributed by atoms with E-state index in [1.165, 1.54) is 0 Å². The molecule has 0 saturated carbocycles. The van der Waals surface area contributed by atoms with Crippen molar-refractivity contribution >= 4 is 17.6 Å². The third kappa shape index (κ3) is 4.92. The van der Waals surface area contributed by atoms with Crippen LogP contribution in [0.5, 0.6) is 5.75 Å². The van der Waals surface area contributed by atoms with Gasteiger partial charge < -0.3 is 9.64 Å². The van der Waals surface area contributed by atoms with Gasteiger partial charge in [-0.2, -0.15) is 0 Å². The highest BCUT2D eigenvalue weighted by Gasteiger charge is 2.33. The summed E-state index contributed by atoms with van der Waals surface area (Å²) in [5.74, 6) is 2.91. The summed E-state index contributed by atoms with van der Waals surface area (Å²) >= 11 is 0. The molecule has 2 aliphatic rings. The Morgan fingerprint density at radius 2 is 1.97 bits per heavy atom. The molecule has 0 radical (unpaired) electrons. The van der Waals surface area contributed by atoms with E-state index in [4.69, 9.17) is 14.7 Å². The molecule has 3 heterocycles. The van der Waals surface area contributed by atoms with Crippen LogP contribution >= 0.6 is 0 Å². The minimum absolute atomic E-state index is 0.0261. The van der Waals surface area contributed by atoms with E-state index in [2.05, 4.69) is 13.8 Å². The van der Waals surface area contributed by atoms with Crippen LogP contribution in [0, 0.1) is 12.8 Å². The predicted molar refractivity (Wildman–Crippen MR) is 123 cm³/mol. The number of amides is 2. The highest BCUT2D eigenvalue weighted by atomic mass is 16.5. The Bertz CT molecular complexity index is 977. The Kier molecular flexibility index (Phi) is 6.72. The van der Waals surface area contributed by atoms with E-state index in [-0.39, 0.29) is 24.3 Å². The van der Waals surface area contributed by atoms with Crippen LogP contribution < -0.4 is 9.64 Å². The number of para-hydroxylation sites is 1. The van der Waals surface area contributed by atoms with Gasteiger partial charge in [0.05, 0.1) is 0 Å². The summed E-state index contributed by atoms with van der Waals surface area (Å²) in [4.78, 5) is 38.6. The Labute approximate surface area is 189 Å². The Morgan fingerprint density at radius 1 is 1.19 bits per heavy atom. The van der Waals surface area contributed by atoms with Gasteiger partial charge in [0.15, 0.2) is 6.61 Å². The average molecular weight is 437 g/mol. The monoisotopic (exact) mass is 436 g/mol. The SMILES string of the molecule is Cc1nc(C2CCN(C(=O)COc3ccccc3)C2)nc2c1CCC(=O)N2CCC(C)C. The van der Waals surface area contributed by atoms with Crippen LogP contribution in [0.2, 0.25) is 0 Å². The summed E-state index contributed by atoms with van der Waals surface area (Å²) < 4.78 is 5.62. The van der Waals surface area contributed by atoms with Crippen LogP contribution in [-0.2, 0) is 16.0 Å². The van der Waals surface area contributed by atoms with E-state index in [0.29, 0.717) is 44.1 Å². The number of aromatic nitrogens is 2. The number of hydrogen-bond acceptors (Lipinski definition) is 5. The first kappa shape index (κ1) is 22.2. The molecule has 1 atom stereocenters. The van der Waals surface area contributed by atoms with Crippen molar-refractivity contribution in [3.05, 3.63) is 47.4 Å². The van der Waals surface area contributed by atoms with Crippen molar-refractivity contribution in [2.45, 2.75) is 52.4 Å². The first-order chi connectivity index (χ1) is 15.4. The van der Waals surface area contributed by atoms with Gasteiger partial charge in [0, 0.05) is 43.2 Å². The smallest absolute Gasteiger partial charge is 0.260 e. The molecule has 7 heteroatoms. The molecule has 32 heavy (non-hydrogen) atoms. The van der Waals surface area contributed by atoms with Crippen LogP contribution in [0.3, 0.4) is 0 Å². The number of carbonyl (C=O) groups is 2. The van der Waals surface area contributed by atoms with E-state index in [1.807, 2.05) is 47.1 Å². The van der Waals surface area contributed by atoms with E-state index < -0.39 is 0 Å². The number of carbonyl (C=O) groups excluding carboxylic acids is 2. The average Bonchev–Trinajstić information content (AvgIpc) is 3.27. The molecule has 1 aromatic heterocycles. The zero-order valence-electron chi connectivity index (χ0n) is 19.2. The molecule has 0 bridgehead atoms. The maximum Gasteiger partial charge on any atom is 0.260 e. The quantitative estimate of drug-likeness (QED) is 0.664. The molecule has 2 aliphatic heterocycles. The summed E-state index contributed by atoms with van der Waals surface area (Å²) in [5.41, 5.74) is 2.03. The molecule has 170 valence electrons. The summed E-state index contributed by atoms with van der Waals surface area (Å²) in [7, 11) is 0. The Balaban J connectivity index is 1.45. The molecular formula is C25H32N4O3. The van der Waals surface area contributed by atoms with Crippen molar-refractivity contribution in [2.75, 3.05) is 31.1 Å². The zero-order valence-corrected chi connectivity index (χ0v) is 19.2. The number of aryl methyl sites for hydroxylation is 1. The van der Waals surface area contributed by atoms with Crippen LogP contribution in [0.15, 0.2) is 30.3 Å². The summed E-state index contributed by atoms with van der Waals surface area (Å²) in [6.07, 6.45) is 2.97. The van der Waals surface area contributed by atoms with Gasteiger partial charge in [-0.3, -0.25) is 14.5 Å². The highest BCUT2D eigenvalue weighted by molar-refractivity contribution is 5.95. The maximum absolute atomic E-state index is 12.6. The number of hydrogen-bond donors (Lipinski definition) is 0. The predicted octanol–water partition coefficient (Wildman–Crippen LogP) is 3.51. The summed E-state index contributed by atoms with van der Waals surface area (Å²) in [6.45, 7) is 8.29. The molecule has 4 rings (SSSR count). The molecule has 0 spiro atoms. The minimum atomic E-state index is -0.0280. The second-order valence-electron chi connectivity index (χ2n) is 9.12. The number of likely N-dealkylation sites (tertiary alicyclic amines) is 1. The van der Waals surface area contributed by atoms with Gasteiger partial charge in [-0.1, -0.05) is 32.0 Å². The zero-order chi connectivity index (χ0) is 22.7. The normalized spacial score (nSPS) is 18.2. The van der Waals surface area contributed by atoms with E-state index in [1.54, 1.807) is 0 Å². The Morgan fingerprint density at radius 3 is 2.72 bits per heavy atom. The molecular weight excluding hydrogens is 404 g/mol. The van der Waals surface area contributed by atoms with Crippen LogP contribution in [0.4, 0.5) is 5.82 Å². The third-order valence-corrected chi connectivity index (χ3v) is 6.30. The van der Waals surface area contributed by atoms with Crippen molar-refractivity contribution < 1.29 is 14.3 Å². The van der Waals surface area contributed by atoms with Gasteiger partial charge in [-0.25, -0.2) is 9.97 Å². The van der Waals surface area contributed by atoms with Crippen molar-refractivity contribution in [3.63, 3.8) is 0 Å². The number of fused-ring (bicyclic) bond motifs is 1. The van der Waals surface area contributed by atoms with Crippen LogP contribution in [0.1, 0.15) is 56.1 Å². The highest BCUT2D eigenvalue weighted by Crippen LogP contribution is 2.32. The van der Waals surface area contributed by atoms with Crippen molar-refractivity contribution in [1.82, 2.24) is 14.9 Å². The van der Waals surface area contributed by atoms with Gasteiger partial charge in [0.25, 0.3) is 5.91 Å². The molecule has 7 nitrogen and oxygen atoms in total. The fraction of sp³-hybridized carbons (Fsp3) is 0.520. The van der Waals surface area contributed by atoms with Crippen molar-refractivity contribution in [2.24, 2.45) is 5.92 Å². The standard InChI is InChI=1S/C25H32N4O3/c1-17(2)11-14-29-22(30)10-9-21-18(3)26-24(27-25(21)29)19-12-13-28(15-19)23(31)16-32-20-7-5-4-6-8-20/h4-8,17,19H,9-16H2,1-3H3. The molecule has 1 aromatic carbocycles. The number of rotatable bonds is 7. The second-order valence-corrected chi connectivity index (χ2v) is 9.12. The third-order valence-electron chi connectivity index (χ3n) is 6.30. The number of ether oxygens (including phenoxy) is 1. The largest absolute Gasteiger partial charge is 0.484 e. The second kappa shape index (κ2) is 9.67. The van der Waals surface area contributed by atoms with Gasteiger partial charge in [0.1, 0.15) is 17.4 Å². The number of benzene rings is 1. The lowest BCUT2D eigenvalue weighted by Crippen LogP contribution is -2.38. The van der Waals surface area contributed by atoms with Crippen LogP contribution in [-0.4, -0.2) is 52.9 Å². The topological polar surface area (TPSA) is 75.6 Å². The van der Waals surface area contributed by atoms with E-state index >= 15 is 0 Å². The van der Waals surface area contributed by atoms with Gasteiger partial charge in [-0.05, 0) is 44.2 Å². The molecule has 2 aromatic rings. The van der Waals surface area contributed by atoms with Crippen molar-refractivity contribution in [1.29, 1.82) is 0 Å². The van der Waals surface area contributed by atoms with Gasteiger partial charge in [0.2, 0.25) is 5.91 Å². The van der Waals surface area contributed by atoms with E-state index in [0.717, 1.165) is 35.7 Å². The molecule has 2 amide bonds. The molecule has 1 saturated heterocycles. The van der Waals surface area contributed by atoms with Crippen LogP contribution in [0.25, 0.3) is 0 Å². The molecule has 0 N–H and O–H groups in total. The molecule has 1 fully saturated rings.